The van der Waals surface area contributed by atoms with Gasteiger partial charge in [0.15, 0.2) is 5.69 Å². The molecule has 4 heteroatoms. The molecule has 1 heterocycles. The second kappa shape index (κ2) is 3.72. The van der Waals surface area contributed by atoms with E-state index in [0.717, 1.165) is 12.5 Å². The van der Waals surface area contributed by atoms with Crippen molar-refractivity contribution in [3.63, 3.8) is 0 Å². The Morgan fingerprint density at radius 1 is 1.53 bits per heavy atom. The number of nitrogens with one attached hydrogen (secondary N) is 1. The van der Waals surface area contributed by atoms with Gasteiger partial charge in [0.05, 0.1) is 5.69 Å². The Bertz CT molecular complexity index is 450. The lowest BCUT2D eigenvalue weighted by atomic mass is 10.0. The van der Waals surface area contributed by atoms with E-state index < -0.39 is 0 Å². The van der Waals surface area contributed by atoms with E-state index in [0.29, 0.717) is 16.8 Å². The van der Waals surface area contributed by atoms with Gasteiger partial charge >= 0.3 is 0 Å². The van der Waals surface area contributed by atoms with Crippen molar-refractivity contribution >= 4 is 11.6 Å². The number of pyridine rings is 1. The van der Waals surface area contributed by atoms with Crippen molar-refractivity contribution < 1.29 is 4.79 Å². The number of anilines is 1. The molecule has 2 fully saturated rings. The second-order valence-electron chi connectivity index (χ2n) is 5.26. The van der Waals surface area contributed by atoms with E-state index >= 15 is 0 Å². The van der Waals surface area contributed by atoms with Crippen molar-refractivity contribution in [2.75, 3.05) is 12.3 Å². The summed E-state index contributed by atoms with van der Waals surface area (Å²) in [7, 11) is 0. The Morgan fingerprint density at radius 3 is 2.88 bits per heavy atom. The summed E-state index contributed by atoms with van der Waals surface area (Å²) in [6.07, 6.45) is 6.79. The molecular formula is C13H17N3O. The number of aromatic nitrogens is 1. The summed E-state index contributed by atoms with van der Waals surface area (Å²) >= 11 is 0. The zero-order valence-corrected chi connectivity index (χ0v) is 9.78. The van der Waals surface area contributed by atoms with Crippen molar-refractivity contribution in [1.82, 2.24) is 10.3 Å². The highest BCUT2D eigenvalue weighted by atomic mass is 16.1. The molecule has 0 unspecified atom stereocenters. The molecule has 0 bridgehead atoms. The first kappa shape index (κ1) is 10.6. The fourth-order valence-corrected chi connectivity index (χ4v) is 2.53. The predicted octanol–water partition coefficient (Wildman–Crippen LogP) is 1.58. The monoisotopic (exact) mass is 231 g/mol. The minimum Gasteiger partial charge on any atom is -0.397 e. The SMILES string of the molecule is Nc1cccnc1C(=O)NCC1(C2CC2)CC1. The van der Waals surface area contributed by atoms with Gasteiger partial charge in [-0.15, -0.1) is 0 Å². The fourth-order valence-electron chi connectivity index (χ4n) is 2.53. The van der Waals surface area contributed by atoms with Crippen molar-refractivity contribution in [2.24, 2.45) is 11.3 Å². The average Bonchev–Trinajstić information content (AvgIpc) is 3.17. The van der Waals surface area contributed by atoms with E-state index in [1.165, 1.54) is 25.7 Å². The molecule has 1 amide bonds. The maximum atomic E-state index is 11.9. The van der Waals surface area contributed by atoms with Crippen LogP contribution in [0.4, 0.5) is 5.69 Å². The molecule has 17 heavy (non-hydrogen) atoms. The van der Waals surface area contributed by atoms with Crippen LogP contribution >= 0.6 is 0 Å². The minimum absolute atomic E-state index is 0.143. The van der Waals surface area contributed by atoms with Gasteiger partial charge < -0.3 is 11.1 Å². The lowest BCUT2D eigenvalue weighted by Crippen LogP contribution is -2.32. The minimum atomic E-state index is -0.143. The van der Waals surface area contributed by atoms with Crippen LogP contribution in [-0.2, 0) is 0 Å². The highest BCUT2D eigenvalue weighted by Gasteiger charge is 2.53. The molecule has 3 rings (SSSR count). The maximum Gasteiger partial charge on any atom is 0.272 e. The molecule has 1 aromatic heterocycles. The van der Waals surface area contributed by atoms with E-state index in [-0.39, 0.29) is 5.91 Å². The number of rotatable bonds is 4. The van der Waals surface area contributed by atoms with Crippen molar-refractivity contribution in [2.45, 2.75) is 25.7 Å². The highest BCUT2D eigenvalue weighted by molar-refractivity contribution is 5.97. The lowest BCUT2D eigenvalue weighted by molar-refractivity contribution is 0.0938. The Hall–Kier alpha value is -1.58. The maximum absolute atomic E-state index is 11.9. The molecule has 0 aromatic carbocycles. The Labute approximate surface area is 101 Å². The van der Waals surface area contributed by atoms with Gasteiger partial charge in [-0.05, 0) is 49.1 Å². The van der Waals surface area contributed by atoms with Crippen molar-refractivity contribution in [3.8, 4) is 0 Å². The van der Waals surface area contributed by atoms with Gasteiger partial charge in [-0.1, -0.05) is 0 Å². The van der Waals surface area contributed by atoms with E-state index in [1.807, 2.05) is 0 Å². The topological polar surface area (TPSA) is 68.0 Å². The molecule has 3 N–H and O–H groups in total. The normalized spacial score (nSPS) is 20.9. The zero-order valence-electron chi connectivity index (χ0n) is 9.78. The van der Waals surface area contributed by atoms with E-state index in [4.69, 9.17) is 5.73 Å². The first-order valence-electron chi connectivity index (χ1n) is 6.20. The number of nitrogens with two attached hydrogens (primary N) is 1. The molecule has 4 nitrogen and oxygen atoms in total. The third kappa shape index (κ3) is 1.99. The number of hydrogen-bond acceptors (Lipinski definition) is 3. The van der Waals surface area contributed by atoms with Crippen LogP contribution in [0.5, 0.6) is 0 Å². The van der Waals surface area contributed by atoms with Gasteiger partial charge in [0.2, 0.25) is 0 Å². The molecule has 0 radical (unpaired) electrons. The molecule has 2 saturated carbocycles. The lowest BCUT2D eigenvalue weighted by Gasteiger charge is -2.15. The van der Waals surface area contributed by atoms with Crippen molar-refractivity contribution in [3.05, 3.63) is 24.0 Å². The Balaban J connectivity index is 1.62. The van der Waals surface area contributed by atoms with Crippen LogP contribution in [-0.4, -0.2) is 17.4 Å². The molecule has 2 aliphatic carbocycles. The van der Waals surface area contributed by atoms with Crippen molar-refractivity contribution in [1.29, 1.82) is 0 Å². The molecule has 0 saturated heterocycles. The molecule has 2 aliphatic rings. The number of hydrogen-bond donors (Lipinski definition) is 2. The van der Waals surface area contributed by atoms with Crippen LogP contribution in [0.1, 0.15) is 36.2 Å². The molecule has 0 spiro atoms. The first-order chi connectivity index (χ1) is 8.21. The van der Waals surface area contributed by atoms with E-state index in [2.05, 4.69) is 10.3 Å². The number of nitrogen functional groups attached to an aromatic ring is 1. The van der Waals surface area contributed by atoms with E-state index in [9.17, 15) is 4.79 Å². The van der Waals surface area contributed by atoms with Gasteiger partial charge in [-0.25, -0.2) is 4.98 Å². The van der Waals surface area contributed by atoms with Crippen LogP contribution < -0.4 is 11.1 Å². The number of amides is 1. The van der Waals surface area contributed by atoms with Gasteiger partial charge in [0.1, 0.15) is 0 Å². The summed E-state index contributed by atoms with van der Waals surface area (Å²) in [6, 6.07) is 3.44. The summed E-state index contributed by atoms with van der Waals surface area (Å²) in [5.74, 6) is 0.707. The summed E-state index contributed by atoms with van der Waals surface area (Å²) in [6.45, 7) is 0.784. The quantitative estimate of drug-likeness (QED) is 0.826. The van der Waals surface area contributed by atoms with E-state index in [1.54, 1.807) is 18.3 Å². The molecule has 90 valence electrons. The third-order valence-corrected chi connectivity index (χ3v) is 3.99. The van der Waals surface area contributed by atoms with Crippen LogP contribution in [0.25, 0.3) is 0 Å². The van der Waals surface area contributed by atoms with Crippen LogP contribution in [0.15, 0.2) is 18.3 Å². The predicted molar refractivity (Wildman–Crippen MR) is 65.4 cm³/mol. The second-order valence-corrected chi connectivity index (χ2v) is 5.26. The van der Waals surface area contributed by atoms with Gasteiger partial charge in [0, 0.05) is 12.7 Å². The zero-order chi connectivity index (χ0) is 11.9. The standard InChI is InChI=1S/C13H17N3O/c14-10-2-1-7-15-11(10)12(17)16-8-13(5-6-13)9-3-4-9/h1-2,7,9H,3-6,8,14H2,(H,16,17). The summed E-state index contributed by atoms with van der Waals surface area (Å²) < 4.78 is 0. The Morgan fingerprint density at radius 2 is 2.29 bits per heavy atom. The fraction of sp³-hybridized carbons (Fsp3) is 0.538. The molecule has 0 atom stereocenters. The number of carbonyl (C=O) groups is 1. The van der Waals surface area contributed by atoms with Gasteiger partial charge in [-0.3, -0.25) is 4.79 Å². The van der Waals surface area contributed by atoms with Gasteiger partial charge in [0.25, 0.3) is 5.91 Å². The van der Waals surface area contributed by atoms with Crippen LogP contribution in [0.3, 0.4) is 0 Å². The number of nitrogens with zero attached hydrogens (tertiary/aromatic N) is 1. The first-order valence-corrected chi connectivity index (χ1v) is 6.20. The van der Waals surface area contributed by atoms with Crippen LogP contribution in [0.2, 0.25) is 0 Å². The largest absolute Gasteiger partial charge is 0.397 e. The highest BCUT2D eigenvalue weighted by Crippen LogP contribution is 2.60. The Kier molecular flexibility index (Phi) is 2.31. The third-order valence-electron chi connectivity index (χ3n) is 3.99. The molecular weight excluding hydrogens is 214 g/mol. The smallest absolute Gasteiger partial charge is 0.272 e. The average molecular weight is 231 g/mol. The van der Waals surface area contributed by atoms with Crippen LogP contribution in [0, 0.1) is 11.3 Å². The molecule has 0 aliphatic heterocycles. The summed E-state index contributed by atoms with van der Waals surface area (Å²) in [5.41, 5.74) is 6.93. The molecule has 1 aromatic rings. The number of carbonyl (C=O) groups excluding carboxylic acids is 1. The summed E-state index contributed by atoms with van der Waals surface area (Å²) in [5, 5.41) is 2.98. The summed E-state index contributed by atoms with van der Waals surface area (Å²) in [4.78, 5) is 16.0. The van der Waals surface area contributed by atoms with Gasteiger partial charge in [-0.2, -0.15) is 0 Å².